The Morgan fingerprint density at radius 3 is 3.00 bits per heavy atom. The van der Waals surface area contributed by atoms with E-state index in [1.165, 1.54) is 10.5 Å². The highest BCUT2D eigenvalue weighted by Gasteiger charge is 2.04. The summed E-state index contributed by atoms with van der Waals surface area (Å²) in [5, 5.41) is 0. The average Bonchev–Trinajstić information content (AvgIpc) is 2.47. The Morgan fingerprint density at radius 1 is 1.42 bits per heavy atom. The van der Waals surface area contributed by atoms with Crippen LogP contribution in [-0.4, -0.2) is 10.7 Å². The molecule has 0 spiro atoms. The first kappa shape index (κ1) is 7.68. The van der Waals surface area contributed by atoms with E-state index in [-0.39, 0.29) is 0 Å². The van der Waals surface area contributed by atoms with Crippen molar-refractivity contribution in [3.05, 3.63) is 30.7 Å². The number of hydrogen-bond acceptors (Lipinski definition) is 1. The van der Waals surface area contributed by atoms with Crippen LogP contribution >= 0.6 is 11.8 Å². The van der Waals surface area contributed by atoms with Crippen molar-refractivity contribution in [3.8, 4) is 0 Å². The van der Waals surface area contributed by atoms with Crippen molar-refractivity contribution in [1.29, 1.82) is 0 Å². The number of rotatable bonds is 1. The zero-order valence-corrected chi connectivity index (χ0v) is 8.01. The van der Waals surface area contributed by atoms with Crippen molar-refractivity contribution in [2.45, 2.75) is 4.90 Å². The third-order valence-corrected chi connectivity index (χ3v) is 2.69. The summed E-state index contributed by atoms with van der Waals surface area (Å²) in [7, 11) is 2.05. The summed E-state index contributed by atoms with van der Waals surface area (Å²) in [6, 6.07) is 4.27. The molecule has 2 rings (SSSR count). The Balaban J connectivity index is 2.69. The molecule has 0 aliphatic heterocycles. The molecule has 3 heteroatoms. The summed E-state index contributed by atoms with van der Waals surface area (Å²) in [4.78, 5) is 1.29. The van der Waals surface area contributed by atoms with Gasteiger partial charge in [-0.3, -0.25) is 0 Å². The summed E-state index contributed by atoms with van der Waals surface area (Å²) in [6.07, 6.45) is 8.35. The zero-order valence-electron chi connectivity index (χ0n) is 7.19. The molecular weight excluding hydrogens is 168 g/mol. The van der Waals surface area contributed by atoms with E-state index in [1.807, 2.05) is 7.05 Å². The summed E-state index contributed by atoms with van der Waals surface area (Å²) in [6.45, 7) is 0. The smallest absolute Gasteiger partial charge is 0.233 e. The van der Waals surface area contributed by atoms with Crippen molar-refractivity contribution >= 4 is 17.4 Å². The molecule has 62 valence electrons. The van der Waals surface area contributed by atoms with Gasteiger partial charge in [0, 0.05) is 11.0 Å². The van der Waals surface area contributed by atoms with Gasteiger partial charge in [-0.1, -0.05) is 0 Å². The van der Waals surface area contributed by atoms with Gasteiger partial charge in [-0.2, -0.15) is 0 Å². The van der Waals surface area contributed by atoms with E-state index in [1.54, 1.807) is 11.8 Å². The Labute approximate surface area is 75.8 Å². The number of hydrogen-bond donors (Lipinski definition) is 0. The molecule has 0 unspecified atom stereocenters. The van der Waals surface area contributed by atoms with E-state index < -0.39 is 0 Å². The Hall–Kier alpha value is -0.960. The number of pyridine rings is 1. The van der Waals surface area contributed by atoms with Gasteiger partial charge in [0.15, 0.2) is 0 Å². The largest absolute Gasteiger partial charge is 0.285 e. The third kappa shape index (κ3) is 1.10. The highest BCUT2D eigenvalue weighted by molar-refractivity contribution is 7.98. The molecule has 2 aromatic heterocycles. The van der Waals surface area contributed by atoms with Gasteiger partial charge in [-0.05, 0) is 12.3 Å². The standard InChI is InChI=1S/C9H11N2S/c1-10-5-6-11-7-8(12-2)3-4-9(10)11/h3-7H,1-2H3/q+1. The van der Waals surface area contributed by atoms with Gasteiger partial charge in [0.1, 0.15) is 18.6 Å². The first-order valence-corrected chi connectivity index (χ1v) is 5.04. The Bertz CT molecular complexity index is 406. The third-order valence-electron chi connectivity index (χ3n) is 1.98. The van der Waals surface area contributed by atoms with Gasteiger partial charge >= 0.3 is 0 Å². The minimum absolute atomic E-state index is 1.22. The fourth-order valence-electron chi connectivity index (χ4n) is 1.28. The van der Waals surface area contributed by atoms with Crippen molar-refractivity contribution in [1.82, 2.24) is 4.40 Å². The maximum atomic E-state index is 2.14. The van der Waals surface area contributed by atoms with E-state index in [0.717, 1.165) is 0 Å². The molecule has 0 aliphatic rings. The summed E-state index contributed by atoms with van der Waals surface area (Å²) in [5.41, 5.74) is 1.22. The maximum Gasteiger partial charge on any atom is 0.285 e. The van der Waals surface area contributed by atoms with E-state index >= 15 is 0 Å². The van der Waals surface area contributed by atoms with Crippen LogP contribution in [0.25, 0.3) is 5.65 Å². The minimum Gasteiger partial charge on any atom is -0.233 e. The lowest BCUT2D eigenvalue weighted by atomic mass is 10.5. The molecule has 0 amide bonds. The maximum absolute atomic E-state index is 2.14. The molecule has 0 N–H and O–H groups in total. The van der Waals surface area contributed by atoms with Crippen molar-refractivity contribution in [2.24, 2.45) is 7.05 Å². The number of nitrogens with zero attached hydrogens (tertiary/aromatic N) is 2. The van der Waals surface area contributed by atoms with E-state index in [4.69, 9.17) is 0 Å². The normalized spacial score (nSPS) is 10.8. The second-order valence-electron chi connectivity index (χ2n) is 2.74. The van der Waals surface area contributed by atoms with Crippen LogP contribution in [-0.2, 0) is 7.05 Å². The van der Waals surface area contributed by atoms with Crippen LogP contribution in [0.2, 0.25) is 0 Å². The average molecular weight is 179 g/mol. The molecular formula is C9H11N2S+. The van der Waals surface area contributed by atoms with Crippen molar-refractivity contribution in [2.75, 3.05) is 6.26 Å². The van der Waals surface area contributed by atoms with Crippen LogP contribution in [0.4, 0.5) is 0 Å². The van der Waals surface area contributed by atoms with Gasteiger partial charge in [-0.15, -0.1) is 11.8 Å². The molecule has 0 fully saturated rings. The fourth-order valence-corrected chi connectivity index (χ4v) is 1.70. The number of imidazole rings is 1. The molecule has 2 heterocycles. The zero-order chi connectivity index (χ0) is 8.55. The monoisotopic (exact) mass is 179 g/mol. The summed E-state index contributed by atoms with van der Waals surface area (Å²) < 4.78 is 4.23. The van der Waals surface area contributed by atoms with E-state index in [9.17, 15) is 0 Å². The van der Waals surface area contributed by atoms with E-state index in [0.29, 0.717) is 0 Å². The molecule has 0 aromatic carbocycles. The topological polar surface area (TPSA) is 8.29 Å². The number of aryl methyl sites for hydroxylation is 1. The predicted octanol–water partition coefficient (Wildman–Crippen LogP) is 1.49. The van der Waals surface area contributed by atoms with E-state index in [2.05, 4.69) is 45.9 Å². The molecule has 12 heavy (non-hydrogen) atoms. The number of fused-ring (bicyclic) bond motifs is 1. The molecule has 0 aliphatic carbocycles. The van der Waals surface area contributed by atoms with Crippen molar-refractivity contribution < 1.29 is 4.57 Å². The molecule has 0 radical (unpaired) electrons. The van der Waals surface area contributed by atoms with Crippen LogP contribution in [0.3, 0.4) is 0 Å². The first-order valence-electron chi connectivity index (χ1n) is 3.81. The van der Waals surface area contributed by atoms with Gasteiger partial charge < -0.3 is 0 Å². The van der Waals surface area contributed by atoms with Crippen LogP contribution in [0, 0.1) is 0 Å². The molecule has 2 aromatic rings. The second kappa shape index (κ2) is 2.83. The highest BCUT2D eigenvalue weighted by Crippen LogP contribution is 2.13. The van der Waals surface area contributed by atoms with Crippen LogP contribution in [0.1, 0.15) is 0 Å². The lowest BCUT2D eigenvalue weighted by Gasteiger charge is -1.92. The summed E-state index contributed by atoms with van der Waals surface area (Å²) in [5.74, 6) is 0. The Morgan fingerprint density at radius 2 is 2.25 bits per heavy atom. The lowest BCUT2D eigenvalue weighted by Crippen LogP contribution is -2.25. The lowest BCUT2D eigenvalue weighted by molar-refractivity contribution is -0.644. The van der Waals surface area contributed by atoms with Crippen LogP contribution in [0.15, 0.2) is 35.6 Å². The first-order chi connectivity index (χ1) is 5.81. The highest BCUT2D eigenvalue weighted by atomic mass is 32.2. The van der Waals surface area contributed by atoms with Crippen LogP contribution in [0.5, 0.6) is 0 Å². The van der Waals surface area contributed by atoms with Gasteiger partial charge in [0.2, 0.25) is 0 Å². The molecule has 0 atom stereocenters. The minimum atomic E-state index is 1.22. The predicted molar refractivity (Wildman–Crippen MR) is 50.4 cm³/mol. The molecule has 0 saturated heterocycles. The SMILES string of the molecule is CSc1ccc2n(cc[n+]2C)c1. The second-order valence-corrected chi connectivity index (χ2v) is 3.62. The molecule has 0 saturated carbocycles. The van der Waals surface area contributed by atoms with Gasteiger partial charge in [0.05, 0.1) is 7.05 Å². The van der Waals surface area contributed by atoms with Crippen molar-refractivity contribution in [3.63, 3.8) is 0 Å². The molecule has 0 bridgehead atoms. The quantitative estimate of drug-likeness (QED) is 0.475. The van der Waals surface area contributed by atoms with Gasteiger partial charge in [0.25, 0.3) is 5.65 Å². The molecule has 2 nitrogen and oxygen atoms in total. The fraction of sp³-hybridized carbons (Fsp3) is 0.222. The Kier molecular flexibility index (Phi) is 1.81. The number of aromatic nitrogens is 2. The number of thioether (sulfide) groups is 1. The summed E-state index contributed by atoms with van der Waals surface area (Å²) >= 11 is 1.76. The van der Waals surface area contributed by atoms with Crippen LogP contribution < -0.4 is 4.57 Å². The van der Waals surface area contributed by atoms with Gasteiger partial charge in [-0.25, -0.2) is 8.97 Å².